The summed E-state index contributed by atoms with van der Waals surface area (Å²) >= 11 is 0. The van der Waals surface area contributed by atoms with E-state index in [1.807, 2.05) is 50.4 Å². The second-order valence-corrected chi connectivity index (χ2v) is 18.9. The lowest BCUT2D eigenvalue weighted by atomic mass is 9.83. The number of carboxylic acid groups (broad SMARTS) is 1. The van der Waals surface area contributed by atoms with Crippen LogP contribution in [0, 0.1) is 12.8 Å². The number of benzene rings is 3. The topological polar surface area (TPSA) is 187 Å². The summed E-state index contributed by atoms with van der Waals surface area (Å²) < 4.78 is 54.5. The molecule has 1 amide bonds. The van der Waals surface area contributed by atoms with Gasteiger partial charge in [-0.2, -0.15) is 5.10 Å². The molecule has 1 saturated heterocycles. The number of hydrogen-bond acceptors (Lipinski definition) is 13. The SMILES string of the molecule is COc1cc(-n2ncc3c(-c4cccc(N(C(=O)OC(C)(C)C)c5nc(C(F)F)nc6cc(CN(C)C7CCC(CC(=O)O)CC7)cnc56)c4C)cccc32)cc(OC)c1CN[C@@H]1CCOC[C@@H]1O. The zero-order valence-corrected chi connectivity index (χ0v) is 40.0. The van der Waals surface area contributed by atoms with Gasteiger partial charge in [-0.25, -0.2) is 33.1 Å². The van der Waals surface area contributed by atoms with Gasteiger partial charge in [0.2, 0.25) is 0 Å². The highest BCUT2D eigenvalue weighted by atomic mass is 19.3. The van der Waals surface area contributed by atoms with Gasteiger partial charge in [0.05, 0.1) is 61.1 Å². The van der Waals surface area contributed by atoms with Gasteiger partial charge in [0.15, 0.2) is 11.6 Å². The molecule has 3 aromatic heterocycles. The van der Waals surface area contributed by atoms with Crippen molar-refractivity contribution in [1.29, 1.82) is 0 Å². The van der Waals surface area contributed by atoms with Gasteiger partial charge in [-0.3, -0.25) is 14.7 Å². The largest absolute Gasteiger partial charge is 0.496 e. The molecule has 0 unspecified atom stereocenters. The van der Waals surface area contributed by atoms with Crippen LogP contribution < -0.4 is 19.7 Å². The van der Waals surface area contributed by atoms with Crippen LogP contribution in [0.2, 0.25) is 0 Å². The van der Waals surface area contributed by atoms with E-state index in [0.717, 1.165) is 58.8 Å². The molecule has 1 saturated carbocycles. The second kappa shape index (κ2) is 20.7. The standard InChI is InChI=1S/C51H60F2N8O8/c1-29-34(35-11-9-13-41-36(35)26-56-61(41)33-22-43(66-6)37(44(23-33)67-7)25-54-38-18-19-68-28-42(38)62)10-8-12-40(29)60(50(65)69-51(2,3)4)49-46-39(57-48(58-49)47(52)53)20-31(24-55-46)27-59(5)32-16-14-30(15-17-32)21-45(63)64/h8-13,20,22-24,26,30,32,38,42,47,54,62H,14-19,21,25,27-28H2,1-7H3,(H,63,64)/t30?,32?,38-,42+/m1/s1. The van der Waals surface area contributed by atoms with Crippen molar-refractivity contribution in [3.05, 3.63) is 89.5 Å². The molecule has 2 atom stereocenters. The Morgan fingerprint density at radius 1 is 0.971 bits per heavy atom. The third-order valence-corrected chi connectivity index (χ3v) is 13.1. The van der Waals surface area contributed by atoms with Crippen LogP contribution in [-0.4, -0.2) is 110 Å². The van der Waals surface area contributed by atoms with Crippen LogP contribution in [0.4, 0.5) is 25.1 Å². The number of carbonyl (C=O) groups is 2. The fourth-order valence-corrected chi connectivity index (χ4v) is 9.57. The third-order valence-electron chi connectivity index (χ3n) is 13.1. The molecule has 3 aromatic carbocycles. The fourth-order valence-electron chi connectivity index (χ4n) is 9.57. The number of halogens is 2. The van der Waals surface area contributed by atoms with Crippen molar-refractivity contribution >= 4 is 45.5 Å². The molecule has 18 heteroatoms. The van der Waals surface area contributed by atoms with E-state index in [1.54, 1.807) is 70.3 Å². The molecular weight excluding hydrogens is 891 g/mol. The van der Waals surface area contributed by atoms with Crippen molar-refractivity contribution in [3.8, 4) is 28.3 Å². The molecule has 2 fully saturated rings. The number of aliphatic carboxylic acids is 1. The molecule has 69 heavy (non-hydrogen) atoms. The highest BCUT2D eigenvalue weighted by Crippen LogP contribution is 2.41. The molecule has 8 rings (SSSR count). The number of methoxy groups -OCH3 is 2. The lowest BCUT2D eigenvalue weighted by Gasteiger charge is -2.34. The number of hydrogen-bond donors (Lipinski definition) is 3. The number of alkyl halides is 2. The van der Waals surface area contributed by atoms with E-state index in [4.69, 9.17) is 29.0 Å². The summed E-state index contributed by atoms with van der Waals surface area (Å²) in [6.45, 7) is 8.69. The van der Waals surface area contributed by atoms with Crippen molar-refractivity contribution in [2.45, 2.75) is 110 Å². The maximum absolute atomic E-state index is 14.8. The van der Waals surface area contributed by atoms with Crippen molar-refractivity contribution in [1.82, 2.24) is 34.9 Å². The van der Waals surface area contributed by atoms with Crippen LogP contribution in [-0.2, 0) is 27.4 Å². The molecule has 0 bridgehead atoms. The number of anilines is 2. The number of fused-ring (bicyclic) bond motifs is 2. The van der Waals surface area contributed by atoms with E-state index in [9.17, 15) is 28.6 Å². The quantitative estimate of drug-likeness (QED) is 0.0885. The monoisotopic (exact) mass is 950 g/mol. The van der Waals surface area contributed by atoms with E-state index in [-0.39, 0.29) is 47.9 Å². The van der Waals surface area contributed by atoms with Crippen LogP contribution in [0.15, 0.2) is 67.0 Å². The number of ether oxygens (including phenoxy) is 4. The number of carbonyl (C=O) groups excluding carboxylic acids is 1. The van der Waals surface area contributed by atoms with Crippen LogP contribution in [0.3, 0.4) is 0 Å². The average Bonchev–Trinajstić information content (AvgIpc) is 3.76. The highest BCUT2D eigenvalue weighted by Gasteiger charge is 2.33. The minimum Gasteiger partial charge on any atom is -0.496 e. The summed E-state index contributed by atoms with van der Waals surface area (Å²) in [5.41, 5.74) is 4.75. The summed E-state index contributed by atoms with van der Waals surface area (Å²) in [6.07, 6.45) is 3.02. The molecular formula is C51H60F2N8O8. The summed E-state index contributed by atoms with van der Waals surface area (Å²) in [7, 11) is 5.17. The van der Waals surface area contributed by atoms with E-state index in [2.05, 4.69) is 20.2 Å². The Kier molecular flexibility index (Phi) is 14.7. The highest BCUT2D eigenvalue weighted by molar-refractivity contribution is 6.05. The number of carboxylic acids is 1. The molecule has 3 N–H and O–H groups in total. The lowest BCUT2D eigenvalue weighted by molar-refractivity contribution is -0.138. The first kappa shape index (κ1) is 49.1. The molecule has 1 aliphatic carbocycles. The van der Waals surface area contributed by atoms with E-state index in [1.165, 1.54) is 4.90 Å². The van der Waals surface area contributed by atoms with Gasteiger partial charge < -0.3 is 34.5 Å². The Morgan fingerprint density at radius 2 is 1.68 bits per heavy atom. The molecule has 0 spiro atoms. The van der Waals surface area contributed by atoms with Crippen LogP contribution in [0.1, 0.15) is 88.2 Å². The maximum Gasteiger partial charge on any atom is 0.420 e. The van der Waals surface area contributed by atoms with Crippen LogP contribution in [0.25, 0.3) is 38.8 Å². The summed E-state index contributed by atoms with van der Waals surface area (Å²) in [5.74, 6) is -0.407. The smallest absolute Gasteiger partial charge is 0.420 e. The van der Waals surface area contributed by atoms with Crippen molar-refractivity contribution in [2.75, 3.05) is 39.4 Å². The van der Waals surface area contributed by atoms with E-state index >= 15 is 0 Å². The van der Waals surface area contributed by atoms with Gasteiger partial charge in [-0.05, 0) is 113 Å². The summed E-state index contributed by atoms with van der Waals surface area (Å²) in [5, 5.41) is 28.8. The Hall–Kier alpha value is -6.34. The molecule has 1 aliphatic heterocycles. The summed E-state index contributed by atoms with van der Waals surface area (Å²) in [6, 6.07) is 16.8. The first-order valence-electron chi connectivity index (χ1n) is 23.2. The fraction of sp³-hybridized carbons (Fsp3) is 0.451. The Morgan fingerprint density at radius 3 is 2.35 bits per heavy atom. The van der Waals surface area contributed by atoms with Crippen molar-refractivity contribution < 1.29 is 47.5 Å². The van der Waals surface area contributed by atoms with E-state index < -0.39 is 36.0 Å². The Labute approximate surface area is 399 Å². The number of amides is 1. The van der Waals surface area contributed by atoms with Gasteiger partial charge >= 0.3 is 12.1 Å². The minimum atomic E-state index is -3.07. The molecule has 366 valence electrons. The zero-order valence-electron chi connectivity index (χ0n) is 40.0. The number of rotatable bonds is 15. The maximum atomic E-state index is 14.8. The minimum absolute atomic E-state index is 0.132. The average molecular weight is 951 g/mol. The van der Waals surface area contributed by atoms with Crippen molar-refractivity contribution in [3.63, 3.8) is 0 Å². The van der Waals surface area contributed by atoms with Gasteiger partial charge in [-0.15, -0.1) is 0 Å². The second-order valence-electron chi connectivity index (χ2n) is 18.9. The molecule has 6 aromatic rings. The first-order valence-corrected chi connectivity index (χ1v) is 23.2. The van der Waals surface area contributed by atoms with Gasteiger partial charge in [0.1, 0.15) is 22.6 Å². The normalized spacial score (nSPS) is 18.8. The number of aliphatic hydroxyl groups is 1. The molecule has 16 nitrogen and oxygen atoms in total. The summed E-state index contributed by atoms with van der Waals surface area (Å²) in [4.78, 5) is 42.5. The predicted octanol–water partition coefficient (Wildman–Crippen LogP) is 9.07. The number of aromatic nitrogens is 5. The first-order chi connectivity index (χ1) is 33.0. The van der Waals surface area contributed by atoms with Crippen molar-refractivity contribution in [2.24, 2.45) is 5.92 Å². The number of nitrogens with zero attached hydrogens (tertiary/aromatic N) is 7. The number of pyridine rings is 1. The lowest BCUT2D eigenvalue weighted by Crippen LogP contribution is -2.46. The van der Waals surface area contributed by atoms with Crippen LogP contribution in [0.5, 0.6) is 11.5 Å². The van der Waals surface area contributed by atoms with E-state index in [0.29, 0.717) is 54.6 Å². The van der Waals surface area contributed by atoms with Gasteiger partial charge in [-0.1, -0.05) is 24.3 Å². The third kappa shape index (κ3) is 10.8. The van der Waals surface area contributed by atoms with Gasteiger partial charge in [0, 0.05) is 61.9 Å². The number of aliphatic hydroxyl groups excluding tert-OH is 1. The predicted molar refractivity (Wildman–Crippen MR) is 257 cm³/mol. The zero-order chi connectivity index (χ0) is 49.1. The molecule has 0 radical (unpaired) electrons. The Bertz CT molecular complexity index is 2800. The van der Waals surface area contributed by atoms with Crippen LogP contribution >= 0.6 is 0 Å². The molecule has 2 aliphatic rings. The number of nitrogens with one attached hydrogen (secondary N) is 1. The molecule has 4 heterocycles. The Balaban J connectivity index is 1.16. The van der Waals surface area contributed by atoms with Gasteiger partial charge in [0.25, 0.3) is 6.43 Å².